The van der Waals surface area contributed by atoms with Gasteiger partial charge in [-0.2, -0.15) is 0 Å². The average Bonchev–Trinajstić information content (AvgIpc) is 2.52. The van der Waals surface area contributed by atoms with Gasteiger partial charge in [-0.1, -0.05) is 0 Å². The van der Waals surface area contributed by atoms with E-state index in [1.807, 2.05) is 20.8 Å². The molecule has 15 heavy (non-hydrogen) atoms. The maximum atomic E-state index is 11.9. The zero-order valence-corrected chi connectivity index (χ0v) is 9.58. The smallest absolute Gasteiger partial charge is 0.338 e. The second-order valence-corrected chi connectivity index (χ2v) is 5.56. The van der Waals surface area contributed by atoms with Crippen LogP contribution in [0.4, 0.5) is 0 Å². The van der Waals surface area contributed by atoms with Gasteiger partial charge in [0.05, 0.1) is 6.10 Å². The SMILES string of the molecule is CC(C)(C)OC(=O)C12CC(C1)C(CN)O2. The van der Waals surface area contributed by atoms with Crippen molar-refractivity contribution in [1.29, 1.82) is 0 Å². The van der Waals surface area contributed by atoms with Crippen molar-refractivity contribution in [1.82, 2.24) is 0 Å². The van der Waals surface area contributed by atoms with E-state index in [2.05, 4.69) is 0 Å². The van der Waals surface area contributed by atoms with Gasteiger partial charge in [-0.15, -0.1) is 0 Å². The molecule has 0 radical (unpaired) electrons. The van der Waals surface area contributed by atoms with Gasteiger partial charge in [0, 0.05) is 6.54 Å². The Balaban J connectivity index is 1.99. The molecule has 1 aliphatic carbocycles. The summed E-state index contributed by atoms with van der Waals surface area (Å²) in [5.41, 5.74) is 4.45. The Morgan fingerprint density at radius 2 is 2.13 bits per heavy atom. The molecule has 0 aromatic rings. The van der Waals surface area contributed by atoms with Gasteiger partial charge in [0.15, 0.2) is 5.60 Å². The molecule has 86 valence electrons. The average molecular weight is 213 g/mol. The first-order chi connectivity index (χ1) is 6.86. The molecule has 0 aromatic heterocycles. The van der Waals surface area contributed by atoms with E-state index in [4.69, 9.17) is 15.2 Å². The van der Waals surface area contributed by atoms with Gasteiger partial charge in [-0.3, -0.25) is 0 Å². The summed E-state index contributed by atoms with van der Waals surface area (Å²) in [4.78, 5) is 11.9. The van der Waals surface area contributed by atoms with E-state index < -0.39 is 11.2 Å². The fraction of sp³-hybridized carbons (Fsp3) is 0.909. The molecule has 1 unspecified atom stereocenters. The summed E-state index contributed by atoms with van der Waals surface area (Å²) in [7, 11) is 0. The summed E-state index contributed by atoms with van der Waals surface area (Å²) in [6.45, 7) is 6.10. The highest BCUT2D eigenvalue weighted by Crippen LogP contribution is 2.52. The molecule has 1 saturated carbocycles. The summed E-state index contributed by atoms with van der Waals surface area (Å²) >= 11 is 0. The van der Waals surface area contributed by atoms with Crippen LogP contribution in [0, 0.1) is 5.92 Å². The van der Waals surface area contributed by atoms with Gasteiger partial charge in [0.25, 0.3) is 0 Å². The van der Waals surface area contributed by atoms with Crippen molar-refractivity contribution >= 4 is 5.97 Å². The largest absolute Gasteiger partial charge is 0.458 e. The van der Waals surface area contributed by atoms with Gasteiger partial charge in [0.2, 0.25) is 0 Å². The topological polar surface area (TPSA) is 61.5 Å². The number of ether oxygens (including phenoxy) is 2. The first-order valence-corrected chi connectivity index (χ1v) is 5.48. The maximum Gasteiger partial charge on any atom is 0.338 e. The van der Waals surface area contributed by atoms with Crippen LogP contribution in [0.3, 0.4) is 0 Å². The molecule has 2 saturated heterocycles. The molecule has 2 N–H and O–H groups in total. The Kier molecular flexibility index (Phi) is 2.32. The molecular weight excluding hydrogens is 194 g/mol. The van der Waals surface area contributed by atoms with E-state index >= 15 is 0 Å². The number of fused-ring (bicyclic) bond motifs is 1. The van der Waals surface area contributed by atoms with E-state index in [-0.39, 0.29) is 12.1 Å². The van der Waals surface area contributed by atoms with Crippen molar-refractivity contribution in [2.45, 2.75) is 50.9 Å². The summed E-state index contributed by atoms with van der Waals surface area (Å²) in [6, 6.07) is 0. The van der Waals surface area contributed by atoms with Crippen LogP contribution >= 0.6 is 0 Å². The van der Waals surface area contributed by atoms with Crippen molar-refractivity contribution in [2.75, 3.05) is 6.54 Å². The second kappa shape index (κ2) is 3.19. The van der Waals surface area contributed by atoms with Gasteiger partial charge in [-0.05, 0) is 39.5 Å². The predicted octanol–water partition coefficient (Wildman–Crippen LogP) is 0.834. The van der Waals surface area contributed by atoms with Crippen molar-refractivity contribution in [3.63, 3.8) is 0 Å². The van der Waals surface area contributed by atoms with Crippen LogP contribution in [0.1, 0.15) is 33.6 Å². The monoisotopic (exact) mass is 213 g/mol. The maximum absolute atomic E-state index is 11.9. The second-order valence-electron chi connectivity index (χ2n) is 5.56. The molecule has 2 bridgehead atoms. The normalized spacial score (nSPS) is 38.7. The minimum atomic E-state index is -0.665. The Labute approximate surface area is 90.1 Å². The molecule has 0 amide bonds. The third-order valence-electron chi connectivity index (χ3n) is 3.09. The van der Waals surface area contributed by atoms with Crippen LogP contribution in [0.5, 0.6) is 0 Å². The zero-order valence-electron chi connectivity index (χ0n) is 9.58. The van der Waals surface area contributed by atoms with Crippen LogP contribution in [0.25, 0.3) is 0 Å². The fourth-order valence-corrected chi connectivity index (χ4v) is 2.36. The zero-order chi connectivity index (χ0) is 11.3. The molecule has 1 atom stereocenters. The first kappa shape index (κ1) is 10.9. The molecule has 2 aliphatic heterocycles. The number of rotatable bonds is 2. The molecule has 3 rings (SSSR count). The fourth-order valence-electron chi connectivity index (χ4n) is 2.36. The number of esters is 1. The van der Waals surface area contributed by atoms with Crippen LogP contribution in [0.2, 0.25) is 0 Å². The molecule has 4 heteroatoms. The lowest BCUT2D eigenvalue weighted by molar-refractivity contribution is -0.182. The Bertz CT molecular complexity index is 276. The van der Waals surface area contributed by atoms with E-state index in [1.54, 1.807) is 0 Å². The molecular formula is C11H19NO3. The third kappa shape index (κ3) is 1.76. The summed E-state index contributed by atoms with van der Waals surface area (Å²) in [5, 5.41) is 0. The van der Waals surface area contributed by atoms with Gasteiger partial charge < -0.3 is 15.2 Å². The van der Waals surface area contributed by atoms with Crippen LogP contribution < -0.4 is 5.73 Å². The number of hydrogen-bond donors (Lipinski definition) is 1. The van der Waals surface area contributed by atoms with Crippen molar-refractivity contribution in [2.24, 2.45) is 11.7 Å². The van der Waals surface area contributed by atoms with Crippen molar-refractivity contribution in [3.05, 3.63) is 0 Å². The lowest BCUT2D eigenvalue weighted by Crippen LogP contribution is -2.48. The minimum absolute atomic E-state index is 0.0533. The molecule has 3 aliphatic rings. The van der Waals surface area contributed by atoms with Crippen LogP contribution in [0.15, 0.2) is 0 Å². The summed E-state index contributed by atoms with van der Waals surface area (Å²) in [5.74, 6) is 0.240. The van der Waals surface area contributed by atoms with Crippen LogP contribution in [-0.2, 0) is 14.3 Å². The molecule has 3 fully saturated rings. The van der Waals surface area contributed by atoms with Gasteiger partial charge in [0.1, 0.15) is 5.60 Å². The van der Waals surface area contributed by atoms with E-state index in [0.717, 1.165) is 12.8 Å². The molecule has 0 spiro atoms. The van der Waals surface area contributed by atoms with E-state index in [1.165, 1.54) is 0 Å². The standard InChI is InChI=1S/C11H19NO3/c1-10(2,3)15-9(13)11-4-7(5-11)8(6-12)14-11/h7-8H,4-6,12H2,1-3H3. The third-order valence-corrected chi connectivity index (χ3v) is 3.09. The number of nitrogens with two attached hydrogens (primary N) is 1. The highest BCUT2D eigenvalue weighted by atomic mass is 16.6. The molecule has 4 nitrogen and oxygen atoms in total. The first-order valence-electron chi connectivity index (χ1n) is 5.48. The lowest BCUT2D eigenvalue weighted by atomic mass is 9.72. The van der Waals surface area contributed by atoms with E-state index in [0.29, 0.717) is 12.5 Å². The quantitative estimate of drug-likeness (QED) is 0.690. The van der Waals surface area contributed by atoms with Gasteiger partial charge in [-0.25, -0.2) is 4.79 Å². The molecule has 2 heterocycles. The summed E-state index contributed by atoms with van der Waals surface area (Å²) < 4.78 is 11.0. The van der Waals surface area contributed by atoms with Crippen molar-refractivity contribution < 1.29 is 14.3 Å². The highest BCUT2D eigenvalue weighted by Gasteiger charge is 2.63. The number of carbonyl (C=O) groups is 1. The van der Waals surface area contributed by atoms with Gasteiger partial charge >= 0.3 is 5.97 Å². The predicted molar refractivity (Wildman–Crippen MR) is 55.2 cm³/mol. The summed E-state index contributed by atoms with van der Waals surface area (Å²) in [6.07, 6.45) is 1.62. The Morgan fingerprint density at radius 1 is 1.53 bits per heavy atom. The van der Waals surface area contributed by atoms with Crippen LogP contribution in [-0.4, -0.2) is 29.8 Å². The lowest BCUT2D eigenvalue weighted by Gasteiger charge is -2.35. The van der Waals surface area contributed by atoms with Crippen molar-refractivity contribution in [3.8, 4) is 0 Å². The number of carbonyl (C=O) groups excluding carboxylic acids is 1. The Hall–Kier alpha value is -0.610. The number of hydrogen-bond acceptors (Lipinski definition) is 4. The molecule has 0 aromatic carbocycles. The van der Waals surface area contributed by atoms with E-state index in [9.17, 15) is 4.79 Å². The highest BCUT2D eigenvalue weighted by molar-refractivity contribution is 5.82. The minimum Gasteiger partial charge on any atom is -0.458 e. The Morgan fingerprint density at radius 3 is 2.53 bits per heavy atom.